The second kappa shape index (κ2) is 23.6. The zero-order valence-electron chi connectivity index (χ0n) is 38.2. The minimum atomic E-state index is -1.51. The fraction of sp³-hybridized carbons (Fsp3) is 0.800. The van der Waals surface area contributed by atoms with Crippen LogP contribution in [0.15, 0.2) is 23.8 Å². The van der Waals surface area contributed by atoms with Crippen LogP contribution < -0.4 is 0 Å². The van der Waals surface area contributed by atoms with Gasteiger partial charge in [-0.05, 0) is 72.5 Å². The van der Waals surface area contributed by atoms with E-state index >= 15 is 0 Å². The molecule has 16 nitrogen and oxygen atoms in total. The molecule has 16 heteroatoms. The molecule has 0 radical (unpaired) electrons. The van der Waals surface area contributed by atoms with Crippen molar-refractivity contribution in [2.75, 3.05) is 20.7 Å². The van der Waals surface area contributed by atoms with E-state index in [2.05, 4.69) is 0 Å². The summed E-state index contributed by atoms with van der Waals surface area (Å²) in [6.07, 6.45) is -4.13. The summed E-state index contributed by atoms with van der Waals surface area (Å²) in [7, 11) is 3.50. The Labute approximate surface area is 361 Å². The van der Waals surface area contributed by atoms with Crippen molar-refractivity contribution in [3.8, 4) is 0 Å². The van der Waals surface area contributed by atoms with Gasteiger partial charge in [0.25, 0.3) is 0 Å². The van der Waals surface area contributed by atoms with Crippen molar-refractivity contribution >= 4 is 30.0 Å². The second-order valence-corrected chi connectivity index (χ2v) is 18.1. The lowest BCUT2D eigenvalue weighted by Gasteiger charge is -2.50. The molecular formula is C45H73NO15. The summed E-state index contributed by atoms with van der Waals surface area (Å²) in [5.74, 6) is -4.62. The molecule has 3 aliphatic heterocycles. The molecule has 0 saturated carbocycles. The van der Waals surface area contributed by atoms with Gasteiger partial charge in [-0.3, -0.25) is 19.2 Å². The Morgan fingerprint density at radius 1 is 1.03 bits per heavy atom. The molecule has 2 saturated heterocycles. The van der Waals surface area contributed by atoms with Crippen molar-refractivity contribution in [3.63, 3.8) is 0 Å². The van der Waals surface area contributed by atoms with Crippen LogP contribution in [0.3, 0.4) is 0 Å². The van der Waals surface area contributed by atoms with Crippen molar-refractivity contribution in [2.45, 2.75) is 181 Å². The SMILES string of the molecule is CC[C@H]1OC(=O)C[C@@H](OC(C)=O)[C@@H](C)[C@H](O[C@H]2O[C@H](C)[C@H](O[C@H]3C[C@@](C)(O)[C@@H](OC(=O)CC(C)C)[C@@H](C)O3)[C@H](N(C)C)[C@@H]2O)C(CC=O)C[C@H](C)C(=O)/C=C\C(C)=C/[C@@H]1CO. The number of carbonyl (C=O) groups excluding carboxylic acids is 5. The third kappa shape index (κ3) is 14.7. The van der Waals surface area contributed by atoms with E-state index in [-0.39, 0.29) is 50.4 Å². The summed E-state index contributed by atoms with van der Waals surface area (Å²) in [6.45, 7) is 16.7. The van der Waals surface area contributed by atoms with Gasteiger partial charge in [-0.1, -0.05) is 52.3 Å². The van der Waals surface area contributed by atoms with Crippen LogP contribution in [0, 0.1) is 29.6 Å². The van der Waals surface area contributed by atoms with Crippen molar-refractivity contribution in [1.29, 1.82) is 0 Å². The number of cyclic esters (lactones) is 1. The van der Waals surface area contributed by atoms with Crippen molar-refractivity contribution in [1.82, 2.24) is 4.90 Å². The molecule has 16 atom stereocenters. The number of aldehydes is 1. The highest BCUT2D eigenvalue weighted by atomic mass is 16.7. The van der Waals surface area contributed by atoms with Crippen molar-refractivity contribution < 1.29 is 72.5 Å². The average Bonchev–Trinajstić information content (AvgIpc) is 3.15. The number of esters is 3. The maximum Gasteiger partial charge on any atom is 0.309 e. The molecule has 348 valence electrons. The quantitative estimate of drug-likeness (QED) is 0.136. The van der Waals surface area contributed by atoms with Crippen LogP contribution >= 0.6 is 0 Å². The number of likely N-dealkylation sites (N-methyl/N-ethyl adjacent to an activating group) is 1. The lowest BCUT2D eigenvalue weighted by molar-refractivity contribution is -0.342. The molecule has 3 rings (SSSR count). The first-order chi connectivity index (χ1) is 28.5. The van der Waals surface area contributed by atoms with Crippen molar-refractivity contribution in [3.05, 3.63) is 23.8 Å². The van der Waals surface area contributed by atoms with E-state index in [0.29, 0.717) is 18.3 Å². The van der Waals surface area contributed by atoms with Gasteiger partial charge in [0.1, 0.15) is 36.3 Å². The summed E-state index contributed by atoms with van der Waals surface area (Å²) in [5, 5.41) is 33.8. The third-order valence-corrected chi connectivity index (χ3v) is 11.9. The summed E-state index contributed by atoms with van der Waals surface area (Å²) in [5.41, 5.74) is -0.831. The van der Waals surface area contributed by atoms with E-state index in [1.165, 1.54) is 13.0 Å². The van der Waals surface area contributed by atoms with E-state index in [0.717, 1.165) is 0 Å². The number of hydrogen-bond donors (Lipinski definition) is 3. The molecule has 0 spiro atoms. The van der Waals surface area contributed by atoms with Crippen LogP contribution in [0.5, 0.6) is 0 Å². The van der Waals surface area contributed by atoms with Gasteiger partial charge in [0, 0.05) is 43.9 Å². The number of aliphatic hydroxyl groups is 3. The maximum absolute atomic E-state index is 13.6. The number of aliphatic hydroxyl groups excluding tert-OH is 2. The van der Waals surface area contributed by atoms with E-state index < -0.39 is 115 Å². The number of hydrogen-bond acceptors (Lipinski definition) is 16. The van der Waals surface area contributed by atoms with E-state index in [9.17, 15) is 39.3 Å². The Hall–Kier alpha value is -3.09. The minimum absolute atomic E-state index is 0.0507. The Bertz CT molecular complexity index is 1530. The van der Waals surface area contributed by atoms with E-state index in [1.54, 1.807) is 72.7 Å². The number of rotatable bonds is 13. The van der Waals surface area contributed by atoms with E-state index in [4.69, 9.17) is 33.2 Å². The van der Waals surface area contributed by atoms with Crippen LogP contribution in [0.2, 0.25) is 0 Å². The molecule has 0 bridgehead atoms. The monoisotopic (exact) mass is 867 g/mol. The highest BCUT2D eigenvalue weighted by Crippen LogP contribution is 2.38. The molecule has 1 unspecified atom stereocenters. The third-order valence-electron chi connectivity index (χ3n) is 11.9. The number of nitrogens with zero attached hydrogens (tertiary/aromatic N) is 1. The molecule has 61 heavy (non-hydrogen) atoms. The van der Waals surface area contributed by atoms with Crippen LogP contribution in [0.25, 0.3) is 0 Å². The summed E-state index contributed by atoms with van der Waals surface area (Å²) >= 11 is 0. The fourth-order valence-corrected chi connectivity index (χ4v) is 8.77. The first-order valence-corrected chi connectivity index (χ1v) is 21.7. The van der Waals surface area contributed by atoms with Gasteiger partial charge in [-0.25, -0.2) is 0 Å². The highest BCUT2D eigenvalue weighted by Gasteiger charge is 2.52. The Balaban J connectivity index is 1.99. The highest BCUT2D eigenvalue weighted by molar-refractivity contribution is 5.91. The smallest absolute Gasteiger partial charge is 0.309 e. The van der Waals surface area contributed by atoms with Gasteiger partial charge in [-0.15, -0.1) is 0 Å². The maximum atomic E-state index is 13.6. The largest absolute Gasteiger partial charge is 0.462 e. The zero-order valence-corrected chi connectivity index (χ0v) is 38.2. The molecule has 0 aromatic heterocycles. The summed E-state index contributed by atoms with van der Waals surface area (Å²) < 4.78 is 43.0. The fourth-order valence-electron chi connectivity index (χ4n) is 8.77. The predicted molar refractivity (Wildman–Crippen MR) is 222 cm³/mol. The Morgan fingerprint density at radius 2 is 1.70 bits per heavy atom. The molecule has 0 aromatic carbocycles. The normalized spacial score (nSPS) is 39.8. The summed E-state index contributed by atoms with van der Waals surface area (Å²) in [6, 6.07) is -0.781. The minimum Gasteiger partial charge on any atom is -0.462 e. The van der Waals surface area contributed by atoms with Gasteiger partial charge in [0.15, 0.2) is 24.5 Å². The molecule has 3 heterocycles. The van der Waals surface area contributed by atoms with Crippen molar-refractivity contribution in [2.24, 2.45) is 29.6 Å². The van der Waals surface area contributed by atoms with Crippen LogP contribution in [0.4, 0.5) is 0 Å². The topological polar surface area (TPSA) is 214 Å². The molecule has 2 fully saturated rings. The number of ketones is 1. The molecule has 0 amide bonds. The number of allylic oxidation sites excluding steroid dienone is 3. The molecule has 3 N–H and O–H groups in total. The Kier molecular flexibility index (Phi) is 20.2. The lowest BCUT2D eigenvalue weighted by Crippen LogP contribution is -2.65. The lowest BCUT2D eigenvalue weighted by atomic mass is 9.79. The van der Waals surface area contributed by atoms with Crippen LogP contribution in [-0.4, -0.2) is 144 Å². The van der Waals surface area contributed by atoms with Crippen LogP contribution in [0.1, 0.15) is 108 Å². The first kappa shape index (κ1) is 52.3. The second-order valence-electron chi connectivity index (χ2n) is 18.1. The van der Waals surface area contributed by atoms with Gasteiger partial charge < -0.3 is 58.2 Å². The number of ether oxygens (including phenoxy) is 7. The summed E-state index contributed by atoms with van der Waals surface area (Å²) in [4.78, 5) is 66.3. The molecular weight excluding hydrogens is 794 g/mol. The first-order valence-electron chi connectivity index (χ1n) is 21.7. The van der Waals surface area contributed by atoms with E-state index in [1.807, 2.05) is 20.8 Å². The van der Waals surface area contributed by atoms with Gasteiger partial charge in [0.2, 0.25) is 0 Å². The molecule has 0 aromatic rings. The van der Waals surface area contributed by atoms with Gasteiger partial charge >= 0.3 is 17.9 Å². The zero-order chi connectivity index (χ0) is 45.9. The standard InChI is InChI=1S/C45H73NO15/c1-13-34-32(23-48)19-25(4)14-15-33(50)26(5)20-31(16-17-47)41(27(6)35(57-30(9)49)21-37(52)58-34)61-44-40(53)39(46(11)12)42(28(7)56-44)60-38-22-45(10,54)43(29(8)55-38)59-36(51)18-24(2)3/h14-15,17,19,24,26-29,31-32,34-35,38-44,48,53-54H,13,16,18,20-23H2,1-12H3/b15-14-,25-19-/t26-,27+,28+,29+,31?,32+,34+,35+,38-,39+,40-,41-,42-,43-,44+,45+/m0/s1. The molecule has 0 aliphatic carbocycles. The Morgan fingerprint density at radius 3 is 2.26 bits per heavy atom. The number of carbonyl (C=O) groups is 5. The van der Waals surface area contributed by atoms with Gasteiger partial charge in [0.05, 0.1) is 37.4 Å². The average molecular weight is 868 g/mol. The van der Waals surface area contributed by atoms with Crippen LogP contribution in [-0.2, 0) is 57.1 Å². The van der Waals surface area contributed by atoms with Gasteiger partial charge in [-0.2, -0.15) is 0 Å². The molecule has 3 aliphatic rings. The predicted octanol–water partition coefficient (Wildman–Crippen LogP) is 3.84.